The van der Waals surface area contributed by atoms with E-state index in [4.69, 9.17) is 0 Å². The monoisotopic (exact) mass is 1950 g/mol. The number of nitrogens with zero attached hydrogens (tertiary/aromatic N) is 12. The molecule has 13 heteroatoms. The lowest BCUT2D eigenvalue weighted by Gasteiger charge is -2.35. The quantitative estimate of drug-likeness (QED) is 0.0579. The molecule has 0 fully saturated rings. The Bertz CT molecular complexity index is 7510. The summed E-state index contributed by atoms with van der Waals surface area (Å²) in [5, 5.41) is 2.79. The van der Waals surface area contributed by atoms with Gasteiger partial charge in [0.1, 0.15) is 79.9 Å². The van der Waals surface area contributed by atoms with Crippen molar-refractivity contribution in [1.82, 2.24) is 0 Å². The van der Waals surface area contributed by atoms with Crippen LogP contribution >= 0.6 is 7.92 Å². The maximum atomic E-state index is 2.52. The van der Waals surface area contributed by atoms with Gasteiger partial charge in [0.05, 0.1) is 67.5 Å². The van der Waals surface area contributed by atoms with Crippen LogP contribution in [-0.4, -0.2) is 0 Å². The molecular formula is C134H137N12P. The molecule has 12 heterocycles. The third-order valence-electron chi connectivity index (χ3n) is 28.9. The van der Waals surface area contributed by atoms with E-state index in [1.165, 1.54) is 202 Å². The second-order valence-corrected chi connectivity index (χ2v) is 42.9. The summed E-state index contributed by atoms with van der Waals surface area (Å²) in [6.07, 6.45) is 9.54. The highest BCUT2D eigenvalue weighted by molar-refractivity contribution is 7.73. The highest BCUT2D eigenvalue weighted by atomic mass is 31.1. The van der Waals surface area contributed by atoms with E-state index in [2.05, 4.69) is 622 Å². The molecule has 0 N–H and O–H groups in total. The Morgan fingerprint density at radius 1 is 0.286 bits per heavy atom. The number of hydrogen-bond acceptors (Lipinski definition) is 6. The fraction of sp³-hybridized carbons (Fsp3) is 0.194. The lowest BCUT2D eigenvalue weighted by atomic mass is 9.99. The number of benzene rings is 12. The smallest absolute Gasteiger partial charge is 0.145 e. The van der Waals surface area contributed by atoms with E-state index in [1.807, 2.05) is 0 Å². The molecule has 6 aromatic heterocycles. The Morgan fingerprint density at radius 2 is 0.653 bits per heavy atom. The average Bonchev–Trinajstić information content (AvgIpc) is 1.60. The zero-order valence-corrected chi connectivity index (χ0v) is 89.3. The Balaban J connectivity index is 0.000000112. The Labute approximate surface area is 875 Å². The van der Waals surface area contributed by atoms with Crippen molar-refractivity contribution >= 4 is 52.7 Å². The molecule has 0 spiro atoms. The van der Waals surface area contributed by atoms with Crippen LogP contribution in [0.15, 0.2) is 401 Å². The maximum Gasteiger partial charge on any atom is 0.145 e. The number of pyridine rings is 6. The van der Waals surface area contributed by atoms with Crippen molar-refractivity contribution in [3.05, 3.63) is 586 Å². The molecule has 4 unspecified atom stereocenters. The second kappa shape index (κ2) is 44.3. The molecule has 738 valence electrons. The van der Waals surface area contributed by atoms with Crippen molar-refractivity contribution in [1.29, 1.82) is 0 Å². The van der Waals surface area contributed by atoms with Gasteiger partial charge >= 0.3 is 0 Å². The minimum atomic E-state index is -0.660. The molecule has 12 aromatic carbocycles. The van der Waals surface area contributed by atoms with Gasteiger partial charge in [0.2, 0.25) is 0 Å². The number of rotatable bonds is 15. The highest BCUT2D eigenvalue weighted by Gasteiger charge is 2.42. The van der Waals surface area contributed by atoms with E-state index in [-0.39, 0.29) is 17.9 Å². The van der Waals surface area contributed by atoms with E-state index >= 15 is 0 Å². The molecule has 0 bridgehead atoms. The van der Waals surface area contributed by atoms with Crippen LogP contribution in [0, 0.1) is 151 Å². The summed E-state index contributed by atoms with van der Waals surface area (Å²) in [6.45, 7) is 54.9. The molecule has 0 saturated carbocycles. The van der Waals surface area contributed by atoms with Crippen molar-refractivity contribution in [3.63, 3.8) is 0 Å². The molecule has 4 atom stereocenters. The van der Waals surface area contributed by atoms with Gasteiger partial charge in [-0.3, -0.25) is 0 Å². The topological polar surface area (TPSA) is 42.7 Å². The number of aromatic nitrogens is 6. The number of aryl methyl sites for hydroxylation is 16. The van der Waals surface area contributed by atoms with E-state index in [0.717, 1.165) is 19.5 Å². The van der Waals surface area contributed by atoms with Crippen LogP contribution in [-0.2, 0) is 19.5 Å². The predicted molar refractivity (Wildman–Crippen MR) is 606 cm³/mol. The first-order chi connectivity index (χ1) is 71.3. The molecule has 6 aliphatic rings. The molecule has 12 nitrogen and oxygen atoms in total. The van der Waals surface area contributed by atoms with Crippen LogP contribution in [0.1, 0.15) is 189 Å². The minimum Gasteiger partial charge on any atom is -0.348 e. The average molecular weight is 1950 g/mol. The zero-order chi connectivity index (χ0) is 102. The van der Waals surface area contributed by atoms with Crippen LogP contribution in [0.25, 0.3) is 11.3 Å². The van der Waals surface area contributed by atoms with Gasteiger partial charge in [0, 0.05) is 34.1 Å². The normalized spacial score (nSPS) is 14.9. The summed E-state index contributed by atoms with van der Waals surface area (Å²) in [5.41, 5.74) is 44.7. The first-order valence-corrected chi connectivity index (χ1v) is 53.1. The van der Waals surface area contributed by atoms with E-state index in [1.54, 1.807) is 0 Å². The van der Waals surface area contributed by atoms with Crippen LogP contribution in [0.2, 0.25) is 0 Å². The Kier molecular flexibility index (Phi) is 30.0. The van der Waals surface area contributed by atoms with Crippen molar-refractivity contribution in [2.45, 2.75) is 174 Å². The van der Waals surface area contributed by atoms with Gasteiger partial charge < -0.3 is 56.8 Å². The fourth-order valence-electron chi connectivity index (χ4n) is 22.9. The highest BCUT2D eigenvalue weighted by Crippen LogP contribution is 2.55. The summed E-state index contributed by atoms with van der Waals surface area (Å²) in [6, 6.07) is 136. The van der Waals surface area contributed by atoms with Crippen LogP contribution < -0.4 is 67.4 Å². The number of fused-ring (bicyclic) bond motifs is 6. The van der Waals surface area contributed by atoms with E-state index < -0.39 is 7.92 Å². The molecule has 18 aromatic rings. The first-order valence-electron chi connectivity index (χ1n) is 51.7. The molecular weight excluding hydrogens is 1810 g/mol. The molecule has 147 heavy (non-hydrogen) atoms. The SMILES string of the molecule is CC(C)c1ccc(N2[CH-][n+]3c(-c4ccccc4)cccc3C2c2ccccc2)cc1.Cc1cc(C)c(N2[CH-][n+]3c(C)cccc3C2)c(C)c1.Cc1cc(C)c(N2[CH-][n+]3ccccc3C2)c(C)c1.Cc1cc(C)c(N2[CH-][n+]3ccccc3C2Cc2ccccc2)c(C)c1.Cc1cc(C)c(N2[CH-][n+]3ccccc3C2P(c2ccccc2)c2ccccc2)c(C)c1.Cc1cc(C)c(N2[CH-][n+]3ccccc3C2c2ccccc2)c(C)c1. The standard InChI is InChI=1S/C28H27N2P.C28H26N2.C23H24N2.C22H22N2.C17H20N2.C16H18N2/c1-21-18-22(2)27(23(3)19-21)30-20-29-17-11-10-16-26(29)28(30)31(24-12-6-4-7-13-24)25-14-8-5-9-15-25;1-21(2)22-16-18-25(19-17-22)29-20-30-26(23-10-5-3-6-11-23)14-9-15-27(30)28(29)24-12-7-4-8-13-24;1-17-13-18(2)23(19(3)14-17)25-16-24-12-8-7-11-21(24)22(25)15-20-9-5-4-6-10-20;1-16-13-17(2)21(18(3)14-16)24-15-23-12-8-7-11-20(23)22(24)19-9-5-4-6-10-19;1-12-8-13(2)17(14(3)9-12)18-10-16-7-5-6-15(4)19(16)11-18;1-12-8-13(2)16(14(3)9-12)18-10-15-6-4-5-7-17(15)11-18/h4-20,28H,1-3H3;3-21,28H,1-2H3;4-14,16,22H,15H2,1-3H3;4-15,22H,1-3H3;5-9,11H,10H2,1-4H3;4-9,11H,10H2,1-3H3. The summed E-state index contributed by atoms with van der Waals surface area (Å²) in [5.74, 6) is 0.754. The van der Waals surface area contributed by atoms with Crippen LogP contribution in [0.5, 0.6) is 0 Å². The van der Waals surface area contributed by atoms with Gasteiger partial charge in [-0.25, -0.2) is 0 Å². The number of hydrogen-bond donors (Lipinski definition) is 0. The van der Waals surface area contributed by atoms with E-state index in [0.29, 0.717) is 12.0 Å². The van der Waals surface area contributed by atoms with Crippen LogP contribution in [0.4, 0.5) is 34.1 Å². The third kappa shape index (κ3) is 21.6. The summed E-state index contributed by atoms with van der Waals surface area (Å²) in [7, 11) is -0.660. The molecule has 0 amide bonds. The predicted octanol–water partition coefficient (Wildman–Crippen LogP) is 27.1. The molecule has 0 radical (unpaired) electrons. The maximum absolute atomic E-state index is 2.52. The Hall–Kier alpha value is -16.0. The van der Waals surface area contributed by atoms with Crippen molar-refractivity contribution in [3.8, 4) is 11.3 Å². The van der Waals surface area contributed by atoms with Crippen molar-refractivity contribution < 1.29 is 27.4 Å². The number of anilines is 6. The lowest BCUT2D eigenvalue weighted by Crippen LogP contribution is -2.37. The van der Waals surface area contributed by atoms with Gasteiger partial charge in [-0.2, -0.15) is 0 Å². The van der Waals surface area contributed by atoms with Gasteiger partial charge in [-0.1, -0.05) is 387 Å². The third-order valence-corrected chi connectivity index (χ3v) is 31.6. The Morgan fingerprint density at radius 3 is 1.14 bits per heavy atom. The fourth-order valence-corrected chi connectivity index (χ4v) is 25.7. The minimum absolute atomic E-state index is 0.139. The molecule has 0 saturated heterocycles. The largest absolute Gasteiger partial charge is 0.348 e. The van der Waals surface area contributed by atoms with Gasteiger partial charge in [0.25, 0.3) is 0 Å². The van der Waals surface area contributed by atoms with Gasteiger partial charge in [-0.05, 0) is 255 Å². The molecule has 6 aliphatic heterocycles. The zero-order valence-electron chi connectivity index (χ0n) is 88.4. The van der Waals surface area contributed by atoms with Gasteiger partial charge in [-0.15, -0.1) is 0 Å². The van der Waals surface area contributed by atoms with Gasteiger partial charge in [0.15, 0.2) is 0 Å². The summed E-state index contributed by atoms with van der Waals surface area (Å²) >= 11 is 0. The summed E-state index contributed by atoms with van der Waals surface area (Å²) < 4.78 is 13.6. The molecule has 0 aliphatic carbocycles. The second-order valence-electron chi connectivity index (χ2n) is 40.6. The van der Waals surface area contributed by atoms with Crippen molar-refractivity contribution in [2.24, 2.45) is 0 Å². The van der Waals surface area contributed by atoms with Crippen molar-refractivity contribution in [2.75, 3.05) is 29.4 Å². The molecule has 24 rings (SSSR count). The van der Waals surface area contributed by atoms with E-state index in [9.17, 15) is 0 Å². The lowest BCUT2D eigenvalue weighted by molar-refractivity contribution is -0.636. The first kappa shape index (κ1) is 99.7. The van der Waals surface area contributed by atoms with Crippen LogP contribution in [0.3, 0.4) is 0 Å². The summed E-state index contributed by atoms with van der Waals surface area (Å²) in [4.78, 5) is 14.5.